The van der Waals surface area contributed by atoms with E-state index in [2.05, 4.69) is 4.90 Å². The van der Waals surface area contributed by atoms with Gasteiger partial charge in [-0.1, -0.05) is 0 Å². The highest BCUT2D eigenvalue weighted by atomic mass is 16.5. The first-order chi connectivity index (χ1) is 11.5. The Kier molecular flexibility index (Phi) is 5.42. The summed E-state index contributed by atoms with van der Waals surface area (Å²) in [6.45, 7) is 8.08. The molecule has 0 aliphatic carbocycles. The SMILES string of the molecule is CO[C@H]1C[C@H]2C(=O)N(C3CCN(CCOC(C)C)CC3)C(=O)N2C1. The van der Waals surface area contributed by atoms with Crippen LogP contribution in [0.4, 0.5) is 4.79 Å². The van der Waals surface area contributed by atoms with Gasteiger partial charge < -0.3 is 19.3 Å². The topological polar surface area (TPSA) is 62.3 Å². The van der Waals surface area contributed by atoms with E-state index >= 15 is 0 Å². The van der Waals surface area contributed by atoms with Crippen LogP contribution in [0.25, 0.3) is 0 Å². The van der Waals surface area contributed by atoms with Gasteiger partial charge in [0, 0.05) is 45.8 Å². The molecule has 7 heteroatoms. The van der Waals surface area contributed by atoms with Crippen molar-refractivity contribution in [3.63, 3.8) is 0 Å². The van der Waals surface area contributed by atoms with Crippen LogP contribution in [0.5, 0.6) is 0 Å². The summed E-state index contributed by atoms with van der Waals surface area (Å²) in [5.41, 5.74) is 0. The van der Waals surface area contributed by atoms with Gasteiger partial charge in [-0.15, -0.1) is 0 Å². The standard InChI is InChI=1S/C17H29N3O4/c1-12(2)24-9-8-18-6-4-13(5-7-18)20-16(21)15-10-14(23-3)11-19(15)17(20)22/h12-15H,4-11H2,1-3H3/t14-,15-/m0/s1. The number of ether oxygens (including phenoxy) is 2. The fourth-order valence-electron chi connectivity index (χ4n) is 3.96. The van der Waals surface area contributed by atoms with Gasteiger partial charge in [0.25, 0.3) is 5.91 Å². The summed E-state index contributed by atoms with van der Waals surface area (Å²) in [5.74, 6) is -0.0267. The van der Waals surface area contributed by atoms with Crippen molar-refractivity contribution in [3.05, 3.63) is 0 Å². The lowest BCUT2D eigenvalue weighted by molar-refractivity contribution is -0.130. The first-order valence-electron chi connectivity index (χ1n) is 9.01. The second-order valence-corrected chi connectivity index (χ2v) is 7.24. The summed E-state index contributed by atoms with van der Waals surface area (Å²) in [6, 6.07) is -0.384. The number of piperidine rings is 1. The summed E-state index contributed by atoms with van der Waals surface area (Å²) in [4.78, 5) is 30.9. The van der Waals surface area contributed by atoms with Gasteiger partial charge in [-0.25, -0.2) is 4.79 Å². The molecule has 3 heterocycles. The van der Waals surface area contributed by atoms with E-state index in [4.69, 9.17) is 9.47 Å². The number of carbonyl (C=O) groups excluding carboxylic acids is 2. The van der Waals surface area contributed by atoms with E-state index in [9.17, 15) is 9.59 Å². The van der Waals surface area contributed by atoms with Crippen molar-refractivity contribution in [1.29, 1.82) is 0 Å². The van der Waals surface area contributed by atoms with Crippen LogP contribution in [0, 0.1) is 0 Å². The molecule has 0 saturated carbocycles. The molecular weight excluding hydrogens is 310 g/mol. The summed E-state index contributed by atoms with van der Waals surface area (Å²) in [5, 5.41) is 0. The minimum atomic E-state index is -0.306. The van der Waals surface area contributed by atoms with Gasteiger partial charge in [0.05, 0.1) is 18.8 Å². The van der Waals surface area contributed by atoms with E-state index in [0.717, 1.165) is 39.1 Å². The Morgan fingerprint density at radius 1 is 1.21 bits per heavy atom. The Bertz CT molecular complexity index is 452. The predicted octanol–water partition coefficient (Wildman–Crippen LogP) is 0.927. The number of nitrogens with zero attached hydrogens (tertiary/aromatic N) is 3. The Labute approximate surface area is 143 Å². The second kappa shape index (κ2) is 7.37. The molecule has 3 aliphatic rings. The lowest BCUT2D eigenvalue weighted by Crippen LogP contribution is -2.49. The molecule has 0 aromatic rings. The molecule has 3 saturated heterocycles. The van der Waals surface area contributed by atoms with Gasteiger partial charge >= 0.3 is 6.03 Å². The number of methoxy groups -OCH3 is 1. The molecule has 0 N–H and O–H groups in total. The molecule has 0 radical (unpaired) electrons. The molecule has 2 atom stereocenters. The lowest BCUT2D eigenvalue weighted by Gasteiger charge is -2.35. The Balaban J connectivity index is 1.50. The van der Waals surface area contributed by atoms with Crippen LogP contribution < -0.4 is 0 Å². The normalized spacial score (nSPS) is 29.2. The minimum Gasteiger partial charge on any atom is -0.380 e. The molecule has 0 aromatic heterocycles. The van der Waals surface area contributed by atoms with Crippen molar-refractivity contribution in [2.45, 2.75) is 57.4 Å². The van der Waals surface area contributed by atoms with E-state index in [1.54, 1.807) is 12.0 Å². The lowest BCUT2D eigenvalue weighted by atomic mass is 10.0. The summed E-state index contributed by atoms with van der Waals surface area (Å²) in [7, 11) is 1.64. The van der Waals surface area contributed by atoms with Gasteiger partial charge in [-0.2, -0.15) is 0 Å². The van der Waals surface area contributed by atoms with E-state index in [-0.39, 0.29) is 36.2 Å². The summed E-state index contributed by atoms with van der Waals surface area (Å²) in [6.07, 6.45) is 2.59. The minimum absolute atomic E-state index is 0.00662. The summed E-state index contributed by atoms with van der Waals surface area (Å²) < 4.78 is 10.9. The van der Waals surface area contributed by atoms with Crippen molar-refractivity contribution in [1.82, 2.24) is 14.7 Å². The van der Waals surface area contributed by atoms with E-state index in [1.165, 1.54) is 4.90 Å². The average molecular weight is 339 g/mol. The smallest absolute Gasteiger partial charge is 0.327 e. The van der Waals surface area contributed by atoms with Crippen LogP contribution in [0.2, 0.25) is 0 Å². The maximum atomic E-state index is 12.7. The largest absolute Gasteiger partial charge is 0.380 e. The highest BCUT2D eigenvalue weighted by Crippen LogP contribution is 2.32. The third-order valence-corrected chi connectivity index (χ3v) is 5.35. The van der Waals surface area contributed by atoms with Gasteiger partial charge in [0.2, 0.25) is 0 Å². The fourth-order valence-corrected chi connectivity index (χ4v) is 3.96. The number of imide groups is 1. The van der Waals surface area contributed by atoms with Crippen LogP contribution in [-0.2, 0) is 14.3 Å². The van der Waals surface area contributed by atoms with Crippen molar-refractivity contribution < 1.29 is 19.1 Å². The van der Waals surface area contributed by atoms with Crippen LogP contribution in [0.3, 0.4) is 0 Å². The molecule has 3 amide bonds. The van der Waals surface area contributed by atoms with Crippen LogP contribution >= 0.6 is 0 Å². The third-order valence-electron chi connectivity index (χ3n) is 5.35. The number of urea groups is 1. The third kappa shape index (κ3) is 3.43. The van der Waals surface area contributed by atoms with Crippen LogP contribution in [0.15, 0.2) is 0 Å². The maximum absolute atomic E-state index is 12.7. The molecule has 0 spiro atoms. The summed E-state index contributed by atoms with van der Waals surface area (Å²) >= 11 is 0. The van der Waals surface area contributed by atoms with Crippen LogP contribution in [-0.4, -0.2) is 90.8 Å². The molecule has 136 valence electrons. The van der Waals surface area contributed by atoms with Crippen LogP contribution in [0.1, 0.15) is 33.1 Å². The molecule has 3 fully saturated rings. The molecule has 0 bridgehead atoms. The Morgan fingerprint density at radius 3 is 2.50 bits per heavy atom. The highest BCUT2D eigenvalue weighted by Gasteiger charge is 2.52. The Morgan fingerprint density at radius 2 is 1.92 bits per heavy atom. The predicted molar refractivity (Wildman–Crippen MR) is 88.7 cm³/mol. The van der Waals surface area contributed by atoms with Crippen molar-refractivity contribution in [2.75, 3.05) is 39.9 Å². The quantitative estimate of drug-likeness (QED) is 0.674. The first kappa shape index (κ1) is 17.6. The van der Waals surface area contributed by atoms with Gasteiger partial charge in [0.1, 0.15) is 6.04 Å². The zero-order valence-electron chi connectivity index (χ0n) is 14.9. The average Bonchev–Trinajstić information content (AvgIpc) is 3.08. The maximum Gasteiger partial charge on any atom is 0.327 e. The van der Waals surface area contributed by atoms with Crippen molar-refractivity contribution >= 4 is 11.9 Å². The number of hydrogen-bond acceptors (Lipinski definition) is 5. The Hall–Kier alpha value is -1.18. The first-order valence-corrected chi connectivity index (χ1v) is 9.01. The zero-order chi connectivity index (χ0) is 17.3. The molecule has 3 aliphatic heterocycles. The van der Waals surface area contributed by atoms with Gasteiger partial charge in [-0.3, -0.25) is 9.69 Å². The molecule has 24 heavy (non-hydrogen) atoms. The number of hydrogen-bond donors (Lipinski definition) is 0. The van der Waals surface area contributed by atoms with E-state index in [0.29, 0.717) is 13.0 Å². The van der Waals surface area contributed by atoms with Crippen molar-refractivity contribution in [3.8, 4) is 0 Å². The molecule has 3 rings (SSSR count). The number of fused-ring (bicyclic) bond motifs is 1. The van der Waals surface area contributed by atoms with E-state index < -0.39 is 0 Å². The number of amides is 3. The monoisotopic (exact) mass is 339 g/mol. The molecule has 7 nitrogen and oxygen atoms in total. The highest BCUT2D eigenvalue weighted by molar-refractivity contribution is 6.05. The van der Waals surface area contributed by atoms with Crippen molar-refractivity contribution in [2.24, 2.45) is 0 Å². The molecular formula is C17H29N3O4. The zero-order valence-corrected chi connectivity index (χ0v) is 14.9. The number of rotatable bonds is 6. The van der Waals surface area contributed by atoms with Gasteiger partial charge in [-0.05, 0) is 26.7 Å². The molecule has 0 aromatic carbocycles. The van der Waals surface area contributed by atoms with Gasteiger partial charge in [0.15, 0.2) is 0 Å². The second-order valence-electron chi connectivity index (χ2n) is 7.24. The molecule has 0 unspecified atom stereocenters. The number of likely N-dealkylation sites (tertiary alicyclic amines) is 1. The number of carbonyl (C=O) groups is 2. The van der Waals surface area contributed by atoms with E-state index in [1.807, 2.05) is 13.8 Å². The fraction of sp³-hybridized carbons (Fsp3) is 0.882.